The summed E-state index contributed by atoms with van der Waals surface area (Å²) in [6, 6.07) is 3.07. The van der Waals surface area contributed by atoms with Gasteiger partial charge >= 0.3 is 12.1 Å². The zero-order valence-corrected chi connectivity index (χ0v) is 10.8. The molecule has 0 aliphatic carbocycles. The Balaban J connectivity index is 2.14. The number of fused-ring (bicyclic) bond motifs is 1. The lowest BCUT2D eigenvalue weighted by Crippen LogP contribution is -2.19. The number of carboxylic acids is 1. The maximum atomic E-state index is 13.0. The molecule has 1 aromatic heterocycles. The van der Waals surface area contributed by atoms with E-state index in [0.717, 1.165) is 18.2 Å². The van der Waals surface area contributed by atoms with E-state index in [1.165, 1.54) is 0 Å². The molecular formula is C13H8F3NO5. The summed E-state index contributed by atoms with van der Waals surface area (Å²) in [5.74, 6) is -2.33. The molecule has 0 spiro atoms. The molecule has 1 aromatic carbocycles. The third-order valence-electron chi connectivity index (χ3n) is 2.99. The van der Waals surface area contributed by atoms with E-state index in [4.69, 9.17) is 14.6 Å². The Labute approximate surface area is 121 Å². The van der Waals surface area contributed by atoms with Crippen LogP contribution in [0.3, 0.4) is 0 Å². The fourth-order valence-corrected chi connectivity index (χ4v) is 2.06. The Morgan fingerprint density at radius 3 is 2.45 bits per heavy atom. The van der Waals surface area contributed by atoms with Gasteiger partial charge in [-0.15, -0.1) is 0 Å². The predicted octanol–water partition coefficient (Wildman–Crippen LogP) is 2.83. The van der Waals surface area contributed by atoms with Crippen LogP contribution in [0.4, 0.5) is 13.2 Å². The minimum atomic E-state index is -4.60. The highest BCUT2D eigenvalue weighted by Gasteiger charge is 2.38. The van der Waals surface area contributed by atoms with Crippen LogP contribution in [-0.4, -0.2) is 29.4 Å². The minimum absolute atomic E-state index is 0.0152. The Bertz CT molecular complexity index is 738. The highest BCUT2D eigenvalue weighted by atomic mass is 19.4. The van der Waals surface area contributed by atoms with Gasteiger partial charge in [-0.3, -0.25) is 0 Å². The molecule has 0 unspecified atom stereocenters. The summed E-state index contributed by atoms with van der Waals surface area (Å²) >= 11 is 0. The van der Waals surface area contributed by atoms with Crippen LogP contribution in [0.25, 0.3) is 11.3 Å². The topological polar surface area (TPSA) is 81.8 Å². The molecule has 0 saturated heterocycles. The molecule has 1 aliphatic heterocycles. The quantitative estimate of drug-likeness (QED) is 0.917. The number of ether oxygens (including phenoxy) is 2. The third-order valence-corrected chi connectivity index (χ3v) is 2.99. The smallest absolute Gasteiger partial charge is 0.420 e. The van der Waals surface area contributed by atoms with Crippen molar-refractivity contribution >= 4 is 5.97 Å². The number of nitrogens with zero attached hydrogens (tertiary/aromatic N) is 1. The van der Waals surface area contributed by atoms with E-state index in [-0.39, 0.29) is 30.2 Å². The molecule has 0 fully saturated rings. The Hall–Kier alpha value is -2.71. The van der Waals surface area contributed by atoms with Crippen LogP contribution in [0.15, 0.2) is 22.7 Å². The maximum absolute atomic E-state index is 13.0. The molecule has 2 heterocycles. The van der Waals surface area contributed by atoms with Crippen LogP contribution in [0.1, 0.15) is 16.1 Å². The van der Waals surface area contributed by atoms with Crippen molar-refractivity contribution in [3.05, 3.63) is 29.5 Å². The highest BCUT2D eigenvalue weighted by molar-refractivity contribution is 5.86. The first-order valence-corrected chi connectivity index (χ1v) is 6.08. The van der Waals surface area contributed by atoms with Crippen LogP contribution in [-0.2, 0) is 6.18 Å². The largest absolute Gasteiger partial charge is 0.485 e. The second-order valence-electron chi connectivity index (χ2n) is 4.40. The van der Waals surface area contributed by atoms with E-state index in [9.17, 15) is 18.0 Å². The Morgan fingerprint density at radius 2 is 1.86 bits per heavy atom. The molecule has 6 nitrogen and oxygen atoms in total. The summed E-state index contributed by atoms with van der Waals surface area (Å²) in [6.45, 7) is 0.0592. The van der Waals surface area contributed by atoms with Gasteiger partial charge in [0.2, 0.25) is 5.76 Å². The molecule has 0 atom stereocenters. The Morgan fingerprint density at radius 1 is 1.18 bits per heavy atom. The highest BCUT2D eigenvalue weighted by Crippen LogP contribution is 2.47. The molecule has 0 saturated carbocycles. The number of halogens is 3. The zero-order valence-electron chi connectivity index (χ0n) is 10.8. The summed E-state index contributed by atoms with van der Waals surface area (Å²) in [5, 5.41) is 12.3. The lowest BCUT2D eigenvalue weighted by atomic mass is 10.0. The van der Waals surface area contributed by atoms with Gasteiger partial charge in [0.1, 0.15) is 24.5 Å². The summed E-state index contributed by atoms with van der Waals surface area (Å²) in [5.41, 5.74) is -0.750. The molecule has 116 valence electrons. The number of hydrogen-bond donors (Lipinski definition) is 1. The van der Waals surface area contributed by atoms with Gasteiger partial charge in [-0.1, -0.05) is 5.16 Å². The van der Waals surface area contributed by atoms with Gasteiger partial charge in [0, 0.05) is 11.6 Å². The van der Waals surface area contributed by atoms with Crippen molar-refractivity contribution in [2.45, 2.75) is 6.18 Å². The SMILES string of the molecule is O=C(O)c1cc(-c2ccc(C(F)(F)F)c3c2OCCO3)no1. The fraction of sp³-hybridized carbons (Fsp3) is 0.231. The van der Waals surface area contributed by atoms with Crippen molar-refractivity contribution in [3.8, 4) is 22.8 Å². The normalized spacial score (nSPS) is 14.0. The first-order chi connectivity index (χ1) is 10.4. The Kier molecular flexibility index (Phi) is 3.19. The lowest BCUT2D eigenvalue weighted by Gasteiger charge is -2.23. The van der Waals surface area contributed by atoms with Gasteiger partial charge in [-0.2, -0.15) is 13.2 Å². The number of carboxylic acid groups (broad SMARTS) is 1. The van der Waals surface area contributed by atoms with Crippen LogP contribution in [0, 0.1) is 0 Å². The summed E-state index contributed by atoms with van der Waals surface area (Å²) in [7, 11) is 0. The number of hydrogen-bond acceptors (Lipinski definition) is 5. The molecule has 0 amide bonds. The number of aromatic carboxylic acids is 1. The molecule has 1 aliphatic rings. The van der Waals surface area contributed by atoms with Gasteiger partial charge in [-0.25, -0.2) is 4.79 Å². The van der Waals surface area contributed by atoms with Crippen molar-refractivity contribution in [2.75, 3.05) is 13.2 Å². The second kappa shape index (κ2) is 4.93. The number of alkyl halides is 3. The van der Waals surface area contributed by atoms with Gasteiger partial charge in [0.25, 0.3) is 0 Å². The number of aromatic nitrogens is 1. The van der Waals surface area contributed by atoms with Crippen LogP contribution in [0.2, 0.25) is 0 Å². The standard InChI is InChI=1S/C13H8F3NO5/c14-13(15,16)7-2-1-6(10-11(7)21-4-3-20-10)8-5-9(12(18)19)22-17-8/h1-2,5H,3-4H2,(H,18,19). The molecule has 0 bridgehead atoms. The number of rotatable bonds is 2. The van der Waals surface area contributed by atoms with Gasteiger partial charge in [0.05, 0.1) is 0 Å². The van der Waals surface area contributed by atoms with E-state index in [1.807, 2.05) is 0 Å². The van der Waals surface area contributed by atoms with Gasteiger partial charge in [-0.05, 0) is 12.1 Å². The monoisotopic (exact) mass is 315 g/mol. The van der Waals surface area contributed by atoms with Crippen molar-refractivity contribution in [2.24, 2.45) is 0 Å². The molecule has 1 N–H and O–H groups in total. The predicted molar refractivity (Wildman–Crippen MR) is 64.9 cm³/mol. The molecule has 2 aromatic rings. The van der Waals surface area contributed by atoms with Crippen LogP contribution >= 0.6 is 0 Å². The van der Waals surface area contributed by atoms with E-state index in [1.54, 1.807) is 0 Å². The summed E-state index contributed by atoms with van der Waals surface area (Å²) in [4.78, 5) is 10.8. The van der Waals surface area contributed by atoms with E-state index in [0.29, 0.717) is 0 Å². The molecule has 0 radical (unpaired) electrons. The average Bonchev–Trinajstić information content (AvgIpc) is 2.94. The van der Waals surface area contributed by atoms with E-state index in [2.05, 4.69) is 9.68 Å². The third kappa shape index (κ3) is 2.34. The molecular weight excluding hydrogens is 307 g/mol. The zero-order chi connectivity index (χ0) is 15.9. The first kappa shape index (κ1) is 14.2. The maximum Gasteiger partial charge on any atom is 0.420 e. The molecule has 22 heavy (non-hydrogen) atoms. The first-order valence-electron chi connectivity index (χ1n) is 6.08. The molecule has 9 heteroatoms. The summed E-state index contributed by atoms with van der Waals surface area (Å²) in [6.07, 6.45) is -4.60. The van der Waals surface area contributed by atoms with E-state index < -0.39 is 29.2 Å². The van der Waals surface area contributed by atoms with Gasteiger partial charge < -0.3 is 19.1 Å². The number of carbonyl (C=O) groups is 1. The van der Waals surface area contributed by atoms with Crippen molar-refractivity contribution in [1.82, 2.24) is 5.16 Å². The average molecular weight is 315 g/mol. The van der Waals surface area contributed by atoms with Crippen molar-refractivity contribution in [1.29, 1.82) is 0 Å². The molecule has 3 rings (SSSR count). The van der Waals surface area contributed by atoms with Crippen molar-refractivity contribution in [3.63, 3.8) is 0 Å². The number of benzene rings is 1. The van der Waals surface area contributed by atoms with E-state index >= 15 is 0 Å². The minimum Gasteiger partial charge on any atom is -0.485 e. The van der Waals surface area contributed by atoms with Gasteiger partial charge in [0.15, 0.2) is 11.5 Å². The fourth-order valence-electron chi connectivity index (χ4n) is 2.06. The lowest BCUT2D eigenvalue weighted by molar-refractivity contribution is -0.139. The van der Waals surface area contributed by atoms with Crippen LogP contribution < -0.4 is 9.47 Å². The summed E-state index contributed by atoms with van der Waals surface area (Å²) < 4.78 is 53.9. The van der Waals surface area contributed by atoms with Crippen LogP contribution in [0.5, 0.6) is 11.5 Å². The van der Waals surface area contributed by atoms with Crippen molar-refractivity contribution < 1.29 is 37.1 Å². The second-order valence-corrected chi connectivity index (χ2v) is 4.40.